The van der Waals surface area contributed by atoms with Crippen molar-refractivity contribution in [1.29, 1.82) is 5.26 Å². The normalized spacial score (nSPS) is 14.3. The van der Waals surface area contributed by atoms with Gasteiger partial charge in [0.2, 0.25) is 0 Å². The van der Waals surface area contributed by atoms with Crippen molar-refractivity contribution in [3.8, 4) is 11.9 Å². The number of nitriles is 1. The zero-order valence-electron chi connectivity index (χ0n) is 14.9. The number of imidazole rings is 1. The van der Waals surface area contributed by atoms with E-state index in [1.165, 1.54) is 0 Å². The maximum absolute atomic E-state index is 8.95. The van der Waals surface area contributed by atoms with Crippen LogP contribution in [0.1, 0.15) is 11.4 Å². The molecule has 1 fully saturated rings. The predicted octanol–water partition coefficient (Wildman–Crippen LogP) is 2.82. The van der Waals surface area contributed by atoms with E-state index in [1.54, 1.807) is 18.5 Å². The third-order valence-corrected chi connectivity index (χ3v) is 4.92. The van der Waals surface area contributed by atoms with Crippen molar-refractivity contribution < 1.29 is 0 Å². The predicted molar refractivity (Wildman–Crippen MR) is 104 cm³/mol. The van der Waals surface area contributed by atoms with Crippen molar-refractivity contribution in [2.75, 3.05) is 36.0 Å². The molecule has 0 aliphatic carbocycles. The molecule has 4 heterocycles. The summed E-state index contributed by atoms with van der Waals surface area (Å²) in [6.07, 6.45) is 5.25. The lowest BCUT2D eigenvalue weighted by atomic mass is 10.2. The Kier molecular flexibility index (Phi) is 4.65. The second-order valence-electron chi connectivity index (χ2n) is 6.31. The number of hydrogen-bond acceptors (Lipinski definition) is 6. The molecule has 0 radical (unpaired) electrons. The first-order chi connectivity index (χ1) is 13.2. The zero-order chi connectivity index (χ0) is 18.8. The van der Waals surface area contributed by atoms with E-state index in [4.69, 9.17) is 21.8 Å². The first-order valence-electron chi connectivity index (χ1n) is 8.68. The Morgan fingerprint density at radius 3 is 2.48 bits per heavy atom. The Bertz CT molecular complexity index is 999. The summed E-state index contributed by atoms with van der Waals surface area (Å²) in [5.74, 6) is 3.44. The minimum absolute atomic E-state index is 0.471. The average molecular weight is 380 g/mol. The third-order valence-electron chi connectivity index (χ3n) is 4.65. The molecule has 3 aromatic rings. The molecule has 0 atom stereocenters. The molecule has 8 heteroatoms. The molecule has 1 aliphatic rings. The molecule has 0 N–H and O–H groups in total. The first kappa shape index (κ1) is 17.3. The van der Waals surface area contributed by atoms with E-state index in [0.29, 0.717) is 10.6 Å². The van der Waals surface area contributed by atoms with E-state index in [9.17, 15) is 0 Å². The van der Waals surface area contributed by atoms with Gasteiger partial charge >= 0.3 is 0 Å². The quantitative estimate of drug-likeness (QED) is 0.696. The standard InChI is InChI=1S/C19H18ClN7/c1-14-22-5-6-27(14)18-4-2-3-17(24-18)25-7-9-26(10-8-25)19-16(20)11-15(12-21)13-23-19/h2-6,11,13H,7-10H2,1H3. The topological polar surface area (TPSA) is 73.9 Å². The van der Waals surface area contributed by atoms with E-state index in [2.05, 4.69) is 25.8 Å². The molecular weight excluding hydrogens is 362 g/mol. The average Bonchev–Trinajstić information content (AvgIpc) is 3.14. The van der Waals surface area contributed by atoms with Crippen molar-refractivity contribution >= 4 is 23.2 Å². The van der Waals surface area contributed by atoms with Gasteiger partial charge in [0, 0.05) is 44.8 Å². The first-order valence-corrected chi connectivity index (χ1v) is 9.06. The monoisotopic (exact) mass is 379 g/mol. The van der Waals surface area contributed by atoms with Gasteiger partial charge in [-0.1, -0.05) is 17.7 Å². The Morgan fingerprint density at radius 1 is 1.07 bits per heavy atom. The Labute approximate surface area is 162 Å². The minimum Gasteiger partial charge on any atom is -0.353 e. The van der Waals surface area contributed by atoms with Gasteiger partial charge in [-0.25, -0.2) is 15.0 Å². The summed E-state index contributed by atoms with van der Waals surface area (Å²) in [6, 6.07) is 9.74. The second kappa shape index (κ2) is 7.25. The lowest BCUT2D eigenvalue weighted by molar-refractivity contribution is 0.641. The highest BCUT2D eigenvalue weighted by molar-refractivity contribution is 6.33. The number of rotatable bonds is 3. The second-order valence-corrected chi connectivity index (χ2v) is 6.72. The molecular formula is C19H18ClN7. The molecule has 0 unspecified atom stereocenters. The number of pyridine rings is 2. The lowest BCUT2D eigenvalue weighted by Gasteiger charge is -2.36. The summed E-state index contributed by atoms with van der Waals surface area (Å²) >= 11 is 6.30. The molecule has 4 rings (SSSR count). The van der Waals surface area contributed by atoms with Crippen LogP contribution in [-0.2, 0) is 0 Å². The van der Waals surface area contributed by atoms with Gasteiger partial charge in [0.1, 0.15) is 29.3 Å². The van der Waals surface area contributed by atoms with Gasteiger partial charge in [-0.2, -0.15) is 5.26 Å². The Morgan fingerprint density at radius 2 is 1.81 bits per heavy atom. The Balaban J connectivity index is 1.49. The van der Waals surface area contributed by atoms with Gasteiger partial charge in [-0.05, 0) is 25.1 Å². The highest BCUT2D eigenvalue weighted by Gasteiger charge is 2.21. The van der Waals surface area contributed by atoms with Gasteiger partial charge in [0.15, 0.2) is 0 Å². The van der Waals surface area contributed by atoms with Crippen molar-refractivity contribution in [1.82, 2.24) is 19.5 Å². The number of piperazine rings is 1. The largest absolute Gasteiger partial charge is 0.353 e. The summed E-state index contributed by atoms with van der Waals surface area (Å²) in [7, 11) is 0. The van der Waals surface area contributed by atoms with Crippen molar-refractivity contribution in [2.45, 2.75) is 6.92 Å². The molecule has 7 nitrogen and oxygen atoms in total. The van der Waals surface area contributed by atoms with Gasteiger partial charge < -0.3 is 9.80 Å². The lowest BCUT2D eigenvalue weighted by Crippen LogP contribution is -2.47. The maximum Gasteiger partial charge on any atom is 0.147 e. The van der Waals surface area contributed by atoms with Gasteiger partial charge in [0.25, 0.3) is 0 Å². The van der Waals surface area contributed by atoms with Crippen LogP contribution in [0.25, 0.3) is 5.82 Å². The van der Waals surface area contributed by atoms with Crippen LogP contribution >= 0.6 is 11.6 Å². The van der Waals surface area contributed by atoms with Crippen LogP contribution in [-0.4, -0.2) is 45.7 Å². The van der Waals surface area contributed by atoms with Crippen molar-refractivity contribution in [3.05, 3.63) is 59.3 Å². The zero-order valence-corrected chi connectivity index (χ0v) is 15.6. The summed E-state index contributed by atoms with van der Waals surface area (Å²) in [6.45, 7) is 5.17. The van der Waals surface area contributed by atoms with Crippen molar-refractivity contribution in [2.24, 2.45) is 0 Å². The fourth-order valence-electron chi connectivity index (χ4n) is 3.21. The SMILES string of the molecule is Cc1nccn1-c1cccc(N2CCN(c3ncc(C#N)cc3Cl)CC2)n1. The summed E-state index contributed by atoms with van der Waals surface area (Å²) < 4.78 is 1.97. The minimum atomic E-state index is 0.471. The highest BCUT2D eigenvalue weighted by Crippen LogP contribution is 2.26. The smallest absolute Gasteiger partial charge is 0.147 e. The van der Waals surface area contributed by atoms with Crippen LogP contribution in [0.5, 0.6) is 0 Å². The Hall–Kier alpha value is -3.11. The van der Waals surface area contributed by atoms with E-state index in [0.717, 1.165) is 49.5 Å². The molecule has 0 spiro atoms. The number of nitrogens with zero attached hydrogens (tertiary/aromatic N) is 7. The molecule has 1 aliphatic heterocycles. The van der Waals surface area contributed by atoms with Crippen LogP contribution < -0.4 is 9.80 Å². The number of aryl methyl sites for hydroxylation is 1. The van der Waals surface area contributed by atoms with Gasteiger partial charge in [-0.15, -0.1) is 0 Å². The van der Waals surface area contributed by atoms with E-state index in [-0.39, 0.29) is 0 Å². The highest BCUT2D eigenvalue weighted by atomic mass is 35.5. The number of aromatic nitrogens is 4. The fraction of sp³-hybridized carbons (Fsp3) is 0.263. The fourth-order valence-corrected chi connectivity index (χ4v) is 3.50. The van der Waals surface area contributed by atoms with Crippen LogP contribution in [0.4, 0.5) is 11.6 Å². The van der Waals surface area contributed by atoms with E-state index in [1.807, 2.05) is 35.9 Å². The van der Waals surface area contributed by atoms with Crippen molar-refractivity contribution in [3.63, 3.8) is 0 Å². The summed E-state index contributed by atoms with van der Waals surface area (Å²) in [4.78, 5) is 17.8. The molecule has 0 bridgehead atoms. The van der Waals surface area contributed by atoms with Gasteiger partial charge in [-0.3, -0.25) is 4.57 Å². The summed E-state index contributed by atoms with van der Waals surface area (Å²) in [5, 5.41) is 9.46. The molecule has 0 saturated carbocycles. The van der Waals surface area contributed by atoms with Crippen LogP contribution in [0.2, 0.25) is 5.02 Å². The van der Waals surface area contributed by atoms with E-state index >= 15 is 0 Å². The molecule has 1 saturated heterocycles. The van der Waals surface area contributed by atoms with E-state index < -0.39 is 0 Å². The third kappa shape index (κ3) is 3.44. The summed E-state index contributed by atoms with van der Waals surface area (Å²) in [5.41, 5.74) is 0.471. The number of hydrogen-bond donors (Lipinski definition) is 0. The van der Waals surface area contributed by atoms with Crippen LogP contribution in [0.3, 0.4) is 0 Å². The van der Waals surface area contributed by atoms with Gasteiger partial charge in [0.05, 0.1) is 10.6 Å². The number of anilines is 2. The molecule has 0 aromatic carbocycles. The van der Waals surface area contributed by atoms with Crippen LogP contribution in [0, 0.1) is 18.3 Å². The number of halogens is 1. The maximum atomic E-state index is 8.95. The molecule has 136 valence electrons. The molecule has 3 aromatic heterocycles. The molecule has 0 amide bonds. The molecule has 27 heavy (non-hydrogen) atoms. The van der Waals surface area contributed by atoms with Crippen LogP contribution in [0.15, 0.2) is 42.9 Å².